The van der Waals surface area contributed by atoms with Crippen LogP contribution in [0.4, 0.5) is 11.5 Å². The molecule has 28 heavy (non-hydrogen) atoms. The second-order valence-corrected chi connectivity index (χ2v) is 5.98. The maximum atomic E-state index is 10.9. The Kier molecular flexibility index (Phi) is 4.47. The summed E-state index contributed by atoms with van der Waals surface area (Å²) in [7, 11) is 0. The molecule has 9 nitrogen and oxygen atoms in total. The van der Waals surface area contributed by atoms with Gasteiger partial charge in [0.2, 0.25) is 0 Å². The van der Waals surface area contributed by atoms with Crippen LogP contribution in [-0.2, 0) is 0 Å². The van der Waals surface area contributed by atoms with Crippen LogP contribution in [0.25, 0.3) is 16.7 Å². The molecule has 0 saturated carbocycles. The number of hydrogen-bond acceptors (Lipinski definition) is 7. The van der Waals surface area contributed by atoms with Gasteiger partial charge < -0.3 is 0 Å². The minimum absolute atomic E-state index is 0.00774. The number of rotatable bonds is 5. The van der Waals surface area contributed by atoms with E-state index in [1.807, 2.05) is 37.3 Å². The Hall–Kier alpha value is -4.14. The number of nitro groups is 1. The molecule has 0 aliphatic carbocycles. The average molecular weight is 373 g/mol. The van der Waals surface area contributed by atoms with Crippen LogP contribution < -0.4 is 5.43 Å². The van der Waals surface area contributed by atoms with E-state index in [1.54, 1.807) is 16.8 Å². The van der Waals surface area contributed by atoms with Crippen LogP contribution in [0.1, 0.15) is 11.3 Å². The summed E-state index contributed by atoms with van der Waals surface area (Å²) in [4.78, 5) is 19.0. The predicted octanol–water partition coefficient (Wildman–Crippen LogP) is 3.48. The van der Waals surface area contributed by atoms with Crippen LogP contribution in [0.5, 0.6) is 0 Å². The number of fused-ring (bicyclic) bond motifs is 1. The van der Waals surface area contributed by atoms with Crippen LogP contribution in [-0.4, -0.2) is 30.9 Å². The lowest BCUT2D eigenvalue weighted by Crippen LogP contribution is -1.99. The van der Waals surface area contributed by atoms with E-state index in [-0.39, 0.29) is 5.69 Å². The van der Waals surface area contributed by atoms with Crippen molar-refractivity contribution in [3.8, 4) is 5.69 Å². The third-order valence-corrected chi connectivity index (χ3v) is 4.11. The molecule has 4 aromatic rings. The number of non-ortho nitro benzene ring substituents is 1. The molecule has 9 heteroatoms. The molecule has 0 bridgehead atoms. The van der Waals surface area contributed by atoms with Crippen molar-refractivity contribution < 1.29 is 4.92 Å². The fourth-order valence-electron chi connectivity index (χ4n) is 2.84. The van der Waals surface area contributed by atoms with E-state index in [9.17, 15) is 10.1 Å². The van der Waals surface area contributed by atoms with E-state index in [4.69, 9.17) is 0 Å². The molecular formula is C19H15N7O2. The van der Waals surface area contributed by atoms with Gasteiger partial charge >= 0.3 is 0 Å². The smallest absolute Gasteiger partial charge is 0.261 e. The normalized spacial score (nSPS) is 11.2. The largest absolute Gasteiger partial charge is 0.270 e. The van der Waals surface area contributed by atoms with Crippen LogP contribution in [0.3, 0.4) is 0 Å². The Balaban J connectivity index is 1.66. The number of aromatic nitrogens is 4. The van der Waals surface area contributed by atoms with Gasteiger partial charge in [-0.15, -0.1) is 0 Å². The highest BCUT2D eigenvalue weighted by molar-refractivity contribution is 5.90. The average Bonchev–Trinajstić information content (AvgIpc) is 3.06. The van der Waals surface area contributed by atoms with E-state index in [0.717, 1.165) is 16.8 Å². The molecule has 0 amide bonds. The minimum Gasteiger partial charge on any atom is -0.261 e. The molecule has 0 fully saturated rings. The van der Waals surface area contributed by atoms with E-state index < -0.39 is 4.92 Å². The van der Waals surface area contributed by atoms with Gasteiger partial charge in [0.15, 0.2) is 11.5 Å². The van der Waals surface area contributed by atoms with Crippen LogP contribution >= 0.6 is 0 Å². The summed E-state index contributed by atoms with van der Waals surface area (Å²) >= 11 is 0. The second-order valence-electron chi connectivity index (χ2n) is 5.98. The molecule has 2 aromatic carbocycles. The van der Waals surface area contributed by atoms with Crippen LogP contribution in [0.2, 0.25) is 0 Å². The monoisotopic (exact) mass is 373 g/mol. The Labute approximate surface area is 159 Å². The molecule has 138 valence electrons. The number of hydrogen-bond donors (Lipinski definition) is 1. The first kappa shape index (κ1) is 17.3. The Bertz CT molecular complexity index is 1190. The van der Waals surface area contributed by atoms with Crippen molar-refractivity contribution in [3.63, 3.8) is 0 Å². The van der Waals surface area contributed by atoms with Gasteiger partial charge in [0, 0.05) is 17.7 Å². The maximum Gasteiger partial charge on any atom is 0.270 e. The maximum absolute atomic E-state index is 10.9. The molecule has 0 saturated heterocycles. The van der Waals surface area contributed by atoms with Crippen LogP contribution in [0.15, 0.2) is 66.0 Å². The highest BCUT2D eigenvalue weighted by atomic mass is 16.6. The lowest BCUT2D eigenvalue weighted by atomic mass is 10.2. The molecule has 0 spiro atoms. The van der Waals surface area contributed by atoms with Crippen molar-refractivity contribution in [1.29, 1.82) is 0 Å². The van der Waals surface area contributed by atoms with Gasteiger partial charge in [-0.1, -0.05) is 30.3 Å². The van der Waals surface area contributed by atoms with Gasteiger partial charge in [-0.3, -0.25) is 15.5 Å². The minimum atomic E-state index is -0.444. The first-order valence-electron chi connectivity index (χ1n) is 8.43. The Morgan fingerprint density at radius 2 is 1.96 bits per heavy atom. The van der Waals surface area contributed by atoms with Gasteiger partial charge in [-0.25, -0.2) is 14.6 Å². The van der Waals surface area contributed by atoms with E-state index in [1.165, 1.54) is 24.7 Å². The topological polar surface area (TPSA) is 111 Å². The zero-order valence-electron chi connectivity index (χ0n) is 14.9. The second kappa shape index (κ2) is 7.23. The molecule has 1 N–H and O–H groups in total. The summed E-state index contributed by atoms with van der Waals surface area (Å²) in [6, 6.07) is 15.9. The molecule has 0 aliphatic heterocycles. The lowest BCUT2D eigenvalue weighted by Gasteiger charge is -2.03. The quantitative estimate of drug-likeness (QED) is 0.326. The highest BCUT2D eigenvalue weighted by Crippen LogP contribution is 2.25. The van der Waals surface area contributed by atoms with Crippen molar-refractivity contribution in [2.45, 2.75) is 6.92 Å². The molecule has 0 atom stereocenters. The van der Waals surface area contributed by atoms with Gasteiger partial charge in [0.25, 0.3) is 5.69 Å². The number of para-hydroxylation sites is 1. The van der Waals surface area contributed by atoms with Gasteiger partial charge in [-0.05, 0) is 19.1 Å². The van der Waals surface area contributed by atoms with Crippen molar-refractivity contribution in [1.82, 2.24) is 19.7 Å². The number of benzene rings is 2. The molecule has 2 heterocycles. The van der Waals surface area contributed by atoms with E-state index in [2.05, 4.69) is 25.6 Å². The van der Waals surface area contributed by atoms with Crippen molar-refractivity contribution in [2.24, 2.45) is 5.10 Å². The third-order valence-electron chi connectivity index (χ3n) is 4.11. The number of hydrazone groups is 1. The number of anilines is 1. The standard InChI is InChI=1S/C19H15N7O2/c1-13-17-18(23-22-11-14-6-5-9-16(10-14)26(27)28)20-12-21-19(17)25(24-13)15-7-3-2-4-8-15/h2-12H,1H3,(H,20,21,23)/b22-11+. The third kappa shape index (κ3) is 3.28. The van der Waals surface area contributed by atoms with Gasteiger partial charge in [-0.2, -0.15) is 10.2 Å². The highest BCUT2D eigenvalue weighted by Gasteiger charge is 2.14. The SMILES string of the molecule is Cc1nn(-c2ccccc2)c2ncnc(N/N=C/c3cccc([N+](=O)[O-])c3)c12. The fraction of sp³-hybridized carbons (Fsp3) is 0.0526. The molecule has 0 unspecified atom stereocenters. The summed E-state index contributed by atoms with van der Waals surface area (Å²) in [6.07, 6.45) is 2.94. The molecule has 2 aromatic heterocycles. The predicted molar refractivity (Wildman–Crippen MR) is 106 cm³/mol. The first-order valence-corrected chi connectivity index (χ1v) is 8.43. The first-order chi connectivity index (χ1) is 13.6. The van der Waals surface area contributed by atoms with E-state index >= 15 is 0 Å². The summed E-state index contributed by atoms with van der Waals surface area (Å²) in [5.41, 5.74) is 5.80. The lowest BCUT2D eigenvalue weighted by molar-refractivity contribution is -0.384. The zero-order valence-corrected chi connectivity index (χ0v) is 14.9. The molecule has 0 radical (unpaired) electrons. The number of aryl methyl sites for hydroxylation is 1. The summed E-state index contributed by atoms with van der Waals surface area (Å²) in [5, 5.41) is 20.3. The zero-order chi connectivity index (χ0) is 19.5. The Morgan fingerprint density at radius 1 is 1.14 bits per heavy atom. The van der Waals surface area contributed by atoms with Crippen molar-refractivity contribution >= 4 is 28.8 Å². The summed E-state index contributed by atoms with van der Waals surface area (Å²) in [5.74, 6) is 0.506. The van der Waals surface area contributed by atoms with Crippen molar-refractivity contribution in [2.75, 3.05) is 5.43 Å². The molecule has 4 rings (SSSR count). The Morgan fingerprint density at radius 3 is 2.75 bits per heavy atom. The number of nitrogens with zero attached hydrogens (tertiary/aromatic N) is 6. The molecular weight excluding hydrogens is 358 g/mol. The number of nitrogens with one attached hydrogen (secondary N) is 1. The van der Waals surface area contributed by atoms with Crippen LogP contribution in [0, 0.1) is 17.0 Å². The summed E-state index contributed by atoms with van der Waals surface area (Å²) < 4.78 is 1.75. The van der Waals surface area contributed by atoms with Gasteiger partial charge in [0.1, 0.15) is 6.33 Å². The van der Waals surface area contributed by atoms with E-state index in [0.29, 0.717) is 17.0 Å². The number of nitro benzene ring substituents is 1. The van der Waals surface area contributed by atoms with Gasteiger partial charge in [0.05, 0.1) is 27.9 Å². The summed E-state index contributed by atoms with van der Waals surface area (Å²) in [6.45, 7) is 1.88. The van der Waals surface area contributed by atoms with Crippen molar-refractivity contribution in [3.05, 3.63) is 82.3 Å². The fourth-order valence-corrected chi connectivity index (χ4v) is 2.84. The molecule has 0 aliphatic rings.